The van der Waals surface area contributed by atoms with Gasteiger partial charge in [0.1, 0.15) is 0 Å². The van der Waals surface area contributed by atoms with Crippen LogP contribution in [0.5, 0.6) is 0 Å². The zero-order valence-electron chi connectivity index (χ0n) is 12.7. The first-order valence-corrected chi connectivity index (χ1v) is 11.4. The Hall–Kier alpha value is 0.0800. The molecule has 1 aliphatic heterocycles. The summed E-state index contributed by atoms with van der Waals surface area (Å²) in [5, 5.41) is 3.49. The van der Waals surface area contributed by atoms with E-state index in [0.717, 1.165) is 5.66 Å². The van der Waals surface area contributed by atoms with E-state index in [9.17, 15) is 0 Å². The minimum atomic E-state index is 0.0730. The SMILES string of the molecule is CCCCCP(C)c1ccccc1P1CCCC1C. The normalized spacial score (nSPS) is 24.6. The van der Waals surface area contributed by atoms with E-state index in [2.05, 4.69) is 44.8 Å². The van der Waals surface area contributed by atoms with E-state index in [1.54, 1.807) is 10.6 Å². The van der Waals surface area contributed by atoms with Gasteiger partial charge in [-0.2, -0.15) is 0 Å². The lowest BCUT2D eigenvalue weighted by Crippen LogP contribution is -2.24. The largest absolute Gasteiger partial charge is 0.0778 e. The van der Waals surface area contributed by atoms with Gasteiger partial charge in [0.05, 0.1) is 0 Å². The van der Waals surface area contributed by atoms with E-state index in [1.165, 1.54) is 44.4 Å². The summed E-state index contributed by atoms with van der Waals surface area (Å²) >= 11 is 0. The van der Waals surface area contributed by atoms with E-state index in [1.807, 2.05) is 0 Å². The summed E-state index contributed by atoms with van der Waals surface area (Å²) in [7, 11) is 0.216. The zero-order valence-corrected chi connectivity index (χ0v) is 14.5. The fraction of sp³-hybridized carbons (Fsp3) is 0.647. The first-order chi connectivity index (χ1) is 9.24. The van der Waals surface area contributed by atoms with Crippen LogP contribution in [0.15, 0.2) is 24.3 Å². The van der Waals surface area contributed by atoms with Gasteiger partial charge in [0.25, 0.3) is 0 Å². The van der Waals surface area contributed by atoms with Crippen LogP contribution in [0.4, 0.5) is 0 Å². The van der Waals surface area contributed by atoms with E-state index >= 15 is 0 Å². The molecular formula is C17H28P2. The van der Waals surface area contributed by atoms with Gasteiger partial charge >= 0.3 is 0 Å². The summed E-state index contributed by atoms with van der Waals surface area (Å²) in [5.41, 5.74) is 0.954. The van der Waals surface area contributed by atoms with Crippen LogP contribution in [0.1, 0.15) is 46.0 Å². The Morgan fingerprint density at radius 2 is 2.05 bits per heavy atom. The predicted octanol–water partition coefficient (Wildman–Crippen LogP) is 4.90. The molecule has 0 aliphatic carbocycles. The molecule has 0 nitrogen and oxygen atoms in total. The van der Waals surface area contributed by atoms with E-state index in [-0.39, 0.29) is 15.8 Å². The van der Waals surface area contributed by atoms with Gasteiger partial charge < -0.3 is 0 Å². The van der Waals surface area contributed by atoms with Crippen LogP contribution in [0.2, 0.25) is 0 Å². The van der Waals surface area contributed by atoms with Crippen molar-refractivity contribution in [3.63, 3.8) is 0 Å². The lowest BCUT2D eigenvalue weighted by Gasteiger charge is -2.23. The summed E-state index contributed by atoms with van der Waals surface area (Å²) in [6.45, 7) is 7.28. The summed E-state index contributed by atoms with van der Waals surface area (Å²) in [5.74, 6) is 0. The number of hydrogen-bond acceptors (Lipinski definition) is 0. The van der Waals surface area contributed by atoms with Gasteiger partial charge in [-0.05, 0) is 54.5 Å². The van der Waals surface area contributed by atoms with Crippen LogP contribution in [0, 0.1) is 0 Å². The minimum Gasteiger partial charge on any atom is -0.0778 e. The van der Waals surface area contributed by atoms with Crippen molar-refractivity contribution in [1.29, 1.82) is 0 Å². The van der Waals surface area contributed by atoms with Crippen molar-refractivity contribution in [3.8, 4) is 0 Å². The molecule has 1 aromatic carbocycles. The van der Waals surface area contributed by atoms with Gasteiger partial charge in [0.2, 0.25) is 0 Å². The number of hydrogen-bond donors (Lipinski definition) is 0. The lowest BCUT2D eigenvalue weighted by molar-refractivity contribution is 0.777. The van der Waals surface area contributed by atoms with Gasteiger partial charge in [0, 0.05) is 0 Å². The fourth-order valence-corrected chi connectivity index (χ4v) is 8.50. The highest BCUT2D eigenvalue weighted by molar-refractivity contribution is 7.72. The fourth-order valence-electron chi connectivity index (χ4n) is 3.04. The van der Waals surface area contributed by atoms with Crippen molar-refractivity contribution in [3.05, 3.63) is 24.3 Å². The van der Waals surface area contributed by atoms with Crippen LogP contribution in [0.25, 0.3) is 0 Å². The molecule has 0 aromatic heterocycles. The zero-order chi connectivity index (χ0) is 13.7. The first kappa shape index (κ1) is 15.5. The van der Waals surface area contributed by atoms with Gasteiger partial charge in [0.15, 0.2) is 0 Å². The third-order valence-electron chi connectivity index (χ3n) is 4.25. The first-order valence-electron chi connectivity index (χ1n) is 7.81. The Labute approximate surface area is 121 Å². The van der Waals surface area contributed by atoms with Crippen LogP contribution in [0.3, 0.4) is 0 Å². The molecule has 2 heteroatoms. The lowest BCUT2D eigenvalue weighted by atomic mass is 10.3. The smallest absolute Gasteiger partial charge is 0.0161 e. The Morgan fingerprint density at radius 3 is 2.74 bits per heavy atom. The molecule has 2 rings (SSSR count). The third-order valence-corrected chi connectivity index (χ3v) is 9.76. The second-order valence-corrected chi connectivity index (χ2v) is 10.9. The molecule has 0 amide bonds. The minimum absolute atomic E-state index is 0.0730. The van der Waals surface area contributed by atoms with E-state index in [4.69, 9.17) is 0 Å². The van der Waals surface area contributed by atoms with E-state index in [0.29, 0.717) is 0 Å². The summed E-state index contributed by atoms with van der Waals surface area (Å²) in [4.78, 5) is 0. The summed E-state index contributed by atoms with van der Waals surface area (Å²) in [6, 6.07) is 9.40. The molecular weight excluding hydrogens is 266 g/mol. The summed E-state index contributed by atoms with van der Waals surface area (Å²) < 4.78 is 0. The monoisotopic (exact) mass is 294 g/mol. The molecule has 3 unspecified atom stereocenters. The van der Waals surface area contributed by atoms with Gasteiger partial charge in [-0.1, -0.05) is 66.8 Å². The predicted molar refractivity (Wildman–Crippen MR) is 93.4 cm³/mol. The number of rotatable bonds is 6. The summed E-state index contributed by atoms with van der Waals surface area (Å²) in [6.07, 6.45) is 9.98. The van der Waals surface area contributed by atoms with E-state index < -0.39 is 0 Å². The van der Waals surface area contributed by atoms with Gasteiger partial charge in [-0.3, -0.25) is 0 Å². The van der Waals surface area contributed by atoms with Crippen LogP contribution < -0.4 is 10.6 Å². The molecule has 3 atom stereocenters. The highest BCUT2D eigenvalue weighted by atomic mass is 31.1. The Balaban J connectivity index is 2.11. The van der Waals surface area contributed by atoms with Crippen LogP contribution in [-0.4, -0.2) is 24.6 Å². The maximum atomic E-state index is 2.50. The number of benzene rings is 1. The highest BCUT2D eigenvalue weighted by Crippen LogP contribution is 2.49. The molecule has 1 heterocycles. The molecule has 1 fully saturated rings. The molecule has 106 valence electrons. The van der Waals surface area contributed by atoms with Crippen molar-refractivity contribution in [1.82, 2.24) is 0 Å². The molecule has 1 aromatic rings. The Morgan fingerprint density at radius 1 is 1.26 bits per heavy atom. The van der Waals surface area contributed by atoms with Crippen LogP contribution in [-0.2, 0) is 0 Å². The third kappa shape index (κ3) is 4.03. The quantitative estimate of drug-likeness (QED) is 0.517. The topological polar surface area (TPSA) is 0 Å². The van der Waals surface area contributed by atoms with Gasteiger partial charge in [-0.15, -0.1) is 0 Å². The second kappa shape index (κ2) is 7.75. The molecule has 0 radical (unpaired) electrons. The van der Waals surface area contributed by atoms with Gasteiger partial charge in [-0.25, -0.2) is 0 Å². The average Bonchev–Trinajstić information content (AvgIpc) is 2.85. The van der Waals surface area contributed by atoms with Crippen molar-refractivity contribution in [2.24, 2.45) is 0 Å². The van der Waals surface area contributed by atoms with Crippen molar-refractivity contribution in [2.45, 2.75) is 51.6 Å². The molecule has 1 aliphatic rings. The molecule has 0 bridgehead atoms. The average molecular weight is 294 g/mol. The van der Waals surface area contributed by atoms with Crippen molar-refractivity contribution >= 4 is 26.5 Å². The molecule has 1 saturated heterocycles. The molecule has 0 saturated carbocycles. The Kier molecular flexibility index (Phi) is 6.31. The number of unbranched alkanes of at least 4 members (excludes halogenated alkanes) is 2. The second-order valence-electron chi connectivity index (χ2n) is 5.80. The Bertz CT molecular complexity index is 389. The molecule has 0 spiro atoms. The highest BCUT2D eigenvalue weighted by Gasteiger charge is 2.26. The van der Waals surface area contributed by atoms with Crippen LogP contribution >= 0.6 is 15.8 Å². The molecule has 19 heavy (non-hydrogen) atoms. The maximum absolute atomic E-state index is 2.50. The van der Waals surface area contributed by atoms with Crippen molar-refractivity contribution in [2.75, 3.05) is 19.0 Å². The maximum Gasteiger partial charge on any atom is -0.0161 e. The standard InChI is InChI=1S/C17H28P2/c1-4-5-8-13-18(3)16-11-6-7-12-17(16)19-14-9-10-15(19)2/h6-7,11-12,15H,4-5,8-10,13-14H2,1-3H3. The molecule has 0 N–H and O–H groups in total. The van der Waals surface area contributed by atoms with Crippen molar-refractivity contribution < 1.29 is 0 Å².